The van der Waals surface area contributed by atoms with Gasteiger partial charge in [-0.2, -0.15) is 0 Å². The molecule has 3 atom stereocenters. The second-order valence-electron chi connectivity index (χ2n) is 9.76. The van der Waals surface area contributed by atoms with Crippen LogP contribution in [0.1, 0.15) is 49.1 Å². The average molecular weight is 479 g/mol. The zero-order chi connectivity index (χ0) is 24.5. The molecule has 3 N–H and O–H groups in total. The van der Waals surface area contributed by atoms with Crippen molar-refractivity contribution in [3.05, 3.63) is 59.7 Å². The predicted molar refractivity (Wildman–Crippen MR) is 128 cm³/mol. The molecule has 0 aromatic heterocycles. The van der Waals surface area contributed by atoms with Crippen LogP contribution in [0, 0.1) is 5.92 Å². The lowest BCUT2D eigenvalue weighted by Gasteiger charge is -2.35. The van der Waals surface area contributed by atoms with E-state index in [4.69, 9.17) is 4.74 Å². The number of carboxylic acid groups (broad SMARTS) is 1. The number of amides is 2. The van der Waals surface area contributed by atoms with Gasteiger partial charge in [-0.1, -0.05) is 55.0 Å². The van der Waals surface area contributed by atoms with E-state index in [9.17, 15) is 24.6 Å². The number of alkyl carbamates (subject to hydrolysis) is 1. The molecular formula is C27H30N2O6. The molecule has 0 spiro atoms. The van der Waals surface area contributed by atoms with Gasteiger partial charge in [0.2, 0.25) is 5.91 Å². The van der Waals surface area contributed by atoms with Gasteiger partial charge in [0, 0.05) is 31.3 Å². The molecule has 0 radical (unpaired) electrons. The van der Waals surface area contributed by atoms with Gasteiger partial charge >= 0.3 is 12.1 Å². The summed E-state index contributed by atoms with van der Waals surface area (Å²) in [5, 5.41) is 22.2. The topological polar surface area (TPSA) is 116 Å². The SMILES string of the molecule is O=C(NC(CC(=O)N1CC(O)CC1C(=O)O)C1CCC1)OCC1c2ccccc2-c2ccccc21. The fraction of sp³-hybridized carbons (Fsp3) is 0.444. The van der Waals surface area contributed by atoms with Crippen LogP contribution in [0.5, 0.6) is 0 Å². The van der Waals surface area contributed by atoms with Gasteiger partial charge < -0.3 is 25.2 Å². The molecular weight excluding hydrogens is 448 g/mol. The number of nitrogens with one attached hydrogen (secondary N) is 1. The van der Waals surface area contributed by atoms with Gasteiger partial charge in [-0.05, 0) is 41.0 Å². The molecule has 2 aromatic carbocycles. The number of β-amino-alcohol motifs (C(OH)–C–C–N with tert-alkyl or cyclic N) is 1. The fourth-order valence-corrected chi connectivity index (χ4v) is 5.60. The van der Waals surface area contributed by atoms with E-state index in [1.54, 1.807) is 0 Å². The van der Waals surface area contributed by atoms with E-state index >= 15 is 0 Å². The molecule has 2 fully saturated rings. The Morgan fingerprint density at radius 1 is 1.03 bits per heavy atom. The van der Waals surface area contributed by atoms with E-state index in [2.05, 4.69) is 29.6 Å². The van der Waals surface area contributed by atoms with E-state index in [0.717, 1.165) is 41.5 Å². The van der Waals surface area contributed by atoms with Crippen molar-refractivity contribution in [2.24, 2.45) is 5.92 Å². The van der Waals surface area contributed by atoms with Gasteiger partial charge in [-0.15, -0.1) is 0 Å². The summed E-state index contributed by atoms with van der Waals surface area (Å²) in [4.78, 5) is 38.5. The van der Waals surface area contributed by atoms with Crippen molar-refractivity contribution in [3.63, 3.8) is 0 Å². The minimum atomic E-state index is -1.13. The minimum absolute atomic E-state index is 0.00185. The standard InChI is InChI=1S/C27H30N2O6/c30-17-12-24(26(32)33)29(14-17)25(31)13-23(16-6-5-7-16)28-27(34)35-15-22-20-10-3-1-8-18(20)19-9-2-4-11-21(19)22/h1-4,8-11,16-17,22-24,30H,5-7,12-15H2,(H,28,34)(H,32,33). The molecule has 8 nitrogen and oxygen atoms in total. The first kappa shape index (κ1) is 23.4. The molecule has 8 heteroatoms. The molecule has 2 amide bonds. The van der Waals surface area contributed by atoms with E-state index in [1.165, 1.54) is 4.90 Å². The van der Waals surface area contributed by atoms with Crippen molar-refractivity contribution in [2.45, 2.75) is 56.2 Å². The minimum Gasteiger partial charge on any atom is -0.480 e. The molecule has 184 valence electrons. The number of ether oxygens (including phenoxy) is 1. The Morgan fingerprint density at radius 3 is 2.23 bits per heavy atom. The normalized spacial score (nSPS) is 22.1. The Balaban J connectivity index is 1.23. The molecule has 35 heavy (non-hydrogen) atoms. The van der Waals surface area contributed by atoms with Gasteiger partial charge in [0.1, 0.15) is 12.6 Å². The van der Waals surface area contributed by atoms with Crippen molar-refractivity contribution >= 4 is 18.0 Å². The van der Waals surface area contributed by atoms with Crippen LogP contribution in [0.4, 0.5) is 4.79 Å². The summed E-state index contributed by atoms with van der Waals surface area (Å²) in [6.45, 7) is 0.183. The Kier molecular flexibility index (Phi) is 6.47. The van der Waals surface area contributed by atoms with Crippen LogP contribution in [-0.2, 0) is 14.3 Å². The Bertz CT molecular complexity index is 1080. The first-order valence-corrected chi connectivity index (χ1v) is 12.2. The number of hydrogen-bond donors (Lipinski definition) is 3. The maximum Gasteiger partial charge on any atom is 0.407 e. The number of rotatable bonds is 7. The molecule has 2 aromatic rings. The molecule has 1 saturated carbocycles. The summed E-state index contributed by atoms with van der Waals surface area (Å²) in [7, 11) is 0. The van der Waals surface area contributed by atoms with E-state index in [0.29, 0.717) is 0 Å². The zero-order valence-corrected chi connectivity index (χ0v) is 19.4. The predicted octanol–water partition coefficient (Wildman–Crippen LogP) is 3.13. The summed E-state index contributed by atoms with van der Waals surface area (Å²) in [5.74, 6) is -1.40. The van der Waals surface area contributed by atoms with Crippen LogP contribution < -0.4 is 5.32 Å². The number of hydrogen-bond acceptors (Lipinski definition) is 5. The summed E-state index contributed by atoms with van der Waals surface area (Å²) in [5.41, 5.74) is 4.55. The number of aliphatic carboxylic acids is 1. The van der Waals surface area contributed by atoms with E-state index in [-0.39, 0.29) is 43.7 Å². The largest absolute Gasteiger partial charge is 0.480 e. The lowest BCUT2D eigenvalue weighted by atomic mass is 9.78. The summed E-state index contributed by atoms with van der Waals surface area (Å²) in [6.07, 6.45) is 1.41. The number of carbonyl (C=O) groups is 3. The smallest absolute Gasteiger partial charge is 0.407 e. The van der Waals surface area contributed by atoms with Gasteiger partial charge in [-0.3, -0.25) is 4.79 Å². The summed E-state index contributed by atoms with van der Waals surface area (Å²) >= 11 is 0. The molecule has 2 aliphatic carbocycles. The first-order chi connectivity index (χ1) is 16.9. The number of benzene rings is 2. The highest BCUT2D eigenvalue weighted by atomic mass is 16.5. The number of carbonyl (C=O) groups excluding carboxylic acids is 2. The number of nitrogens with zero attached hydrogens (tertiary/aromatic N) is 1. The molecule has 1 aliphatic heterocycles. The summed E-state index contributed by atoms with van der Waals surface area (Å²) < 4.78 is 5.66. The van der Waals surface area contributed by atoms with Crippen LogP contribution in [0.25, 0.3) is 11.1 Å². The van der Waals surface area contributed by atoms with Crippen LogP contribution in [0.2, 0.25) is 0 Å². The lowest BCUT2D eigenvalue weighted by Crippen LogP contribution is -2.48. The van der Waals surface area contributed by atoms with E-state index < -0.39 is 30.3 Å². The van der Waals surface area contributed by atoms with Gasteiger partial charge in [0.15, 0.2) is 0 Å². The number of carboxylic acids is 1. The first-order valence-electron chi connectivity index (χ1n) is 12.2. The van der Waals surface area contributed by atoms with Crippen LogP contribution in [0.15, 0.2) is 48.5 Å². The highest BCUT2D eigenvalue weighted by molar-refractivity contribution is 5.85. The maximum atomic E-state index is 12.9. The second-order valence-corrected chi connectivity index (χ2v) is 9.76. The molecule has 1 heterocycles. The highest BCUT2D eigenvalue weighted by Crippen LogP contribution is 2.44. The Hall–Kier alpha value is -3.39. The second kappa shape index (κ2) is 9.70. The molecule has 1 saturated heterocycles. The van der Waals surface area contributed by atoms with Crippen molar-refractivity contribution in [2.75, 3.05) is 13.2 Å². The van der Waals surface area contributed by atoms with Gasteiger partial charge in [0.05, 0.1) is 6.10 Å². The quantitative estimate of drug-likeness (QED) is 0.563. The van der Waals surface area contributed by atoms with Crippen molar-refractivity contribution in [3.8, 4) is 11.1 Å². The van der Waals surface area contributed by atoms with Crippen molar-refractivity contribution in [1.29, 1.82) is 0 Å². The van der Waals surface area contributed by atoms with Gasteiger partial charge in [-0.25, -0.2) is 9.59 Å². The zero-order valence-electron chi connectivity index (χ0n) is 19.4. The Morgan fingerprint density at radius 2 is 1.66 bits per heavy atom. The maximum absolute atomic E-state index is 12.9. The number of aliphatic hydroxyl groups is 1. The van der Waals surface area contributed by atoms with Crippen LogP contribution in [0.3, 0.4) is 0 Å². The highest BCUT2D eigenvalue weighted by Gasteiger charge is 2.41. The third-order valence-electron chi connectivity index (χ3n) is 7.64. The average Bonchev–Trinajstić information content (AvgIpc) is 3.35. The number of aliphatic hydroxyl groups excluding tert-OH is 1. The van der Waals surface area contributed by atoms with Crippen LogP contribution >= 0.6 is 0 Å². The molecule has 3 aliphatic rings. The van der Waals surface area contributed by atoms with Crippen LogP contribution in [-0.4, -0.2) is 64.4 Å². The summed E-state index contributed by atoms with van der Waals surface area (Å²) in [6, 6.07) is 14.8. The molecule has 0 bridgehead atoms. The Labute approximate surface area is 203 Å². The number of fused-ring (bicyclic) bond motifs is 3. The van der Waals surface area contributed by atoms with Crippen molar-refractivity contribution < 1.29 is 29.3 Å². The van der Waals surface area contributed by atoms with E-state index in [1.807, 2.05) is 24.3 Å². The van der Waals surface area contributed by atoms with Gasteiger partial charge in [0.25, 0.3) is 0 Å². The third kappa shape index (κ3) is 4.62. The monoisotopic (exact) mass is 478 g/mol. The number of likely N-dealkylation sites (tertiary alicyclic amines) is 1. The van der Waals surface area contributed by atoms with Crippen molar-refractivity contribution in [1.82, 2.24) is 10.2 Å². The molecule has 3 unspecified atom stereocenters. The molecule has 5 rings (SSSR count). The lowest BCUT2D eigenvalue weighted by molar-refractivity contribution is -0.148. The fourth-order valence-electron chi connectivity index (χ4n) is 5.60. The third-order valence-corrected chi connectivity index (χ3v) is 7.64.